The molecule has 1 saturated heterocycles. The Bertz CT molecular complexity index is 1280. The van der Waals surface area contributed by atoms with Crippen molar-refractivity contribution in [2.75, 3.05) is 38.2 Å². The quantitative estimate of drug-likeness (QED) is 0.333. The Morgan fingerprint density at radius 3 is 2.78 bits per heavy atom. The number of anilines is 1. The maximum absolute atomic E-state index is 13.7. The number of nitrogens with one attached hydrogen (secondary N) is 2. The van der Waals surface area contributed by atoms with Crippen molar-refractivity contribution in [3.8, 4) is 12.3 Å². The van der Waals surface area contributed by atoms with Crippen LogP contribution in [0.4, 0.5) is 23.2 Å². The number of nitrogens with zero attached hydrogens (tertiary/aromatic N) is 3. The number of benzene rings is 1. The molecule has 1 unspecified atom stereocenters. The second-order valence-electron chi connectivity index (χ2n) is 10.1. The molecule has 0 radical (unpaired) electrons. The van der Waals surface area contributed by atoms with Crippen molar-refractivity contribution < 1.29 is 17.6 Å². The van der Waals surface area contributed by atoms with Gasteiger partial charge in [-0.1, -0.05) is 5.92 Å². The van der Waals surface area contributed by atoms with Gasteiger partial charge in [0.15, 0.2) is 0 Å². The molecule has 0 aliphatic carbocycles. The molecule has 3 aromatic rings. The Morgan fingerprint density at radius 1 is 1.24 bits per heavy atom. The molecule has 0 saturated carbocycles. The van der Waals surface area contributed by atoms with Crippen molar-refractivity contribution >= 4 is 16.6 Å². The zero-order valence-corrected chi connectivity index (χ0v) is 20.8. The fourth-order valence-corrected chi connectivity index (χ4v) is 5.74. The largest absolute Gasteiger partial charge is 0.401 e. The highest BCUT2D eigenvalue weighted by molar-refractivity contribution is 5.86. The molecule has 5 rings (SSSR count). The number of terminal acetylenes is 1. The molecule has 0 spiro atoms. The fourth-order valence-electron chi connectivity index (χ4n) is 5.74. The summed E-state index contributed by atoms with van der Waals surface area (Å²) in [4.78, 5) is 11.7. The standard InChI is InChI=1S/C28H31F4N5/c1-3-19-5-7-24-22(14-19)23-13-18(2)37(17-28(30,31)32)27(26(23)35-24)25-8-6-20(15-33-25)34-21-9-12-36(16-21)11-4-10-29/h1,5-8,14-15,18,21,27,34-35H,4,9-13,16-17H2,2H3/t18-,21?,27-/m1/s1. The molecule has 9 heteroatoms. The van der Waals surface area contributed by atoms with Crippen LogP contribution in [0, 0.1) is 12.3 Å². The van der Waals surface area contributed by atoms with Crippen molar-refractivity contribution in [2.24, 2.45) is 0 Å². The second-order valence-corrected chi connectivity index (χ2v) is 10.1. The maximum atomic E-state index is 13.7. The first-order chi connectivity index (χ1) is 17.8. The molecule has 1 aromatic carbocycles. The van der Waals surface area contributed by atoms with Gasteiger partial charge in [-0.15, -0.1) is 6.42 Å². The van der Waals surface area contributed by atoms with Crippen LogP contribution < -0.4 is 5.32 Å². The lowest BCUT2D eigenvalue weighted by molar-refractivity contribution is -0.155. The van der Waals surface area contributed by atoms with Crippen LogP contribution in [0.5, 0.6) is 0 Å². The Kier molecular flexibility index (Phi) is 7.15. The molecule has 4 heterocycles. The Morgan fingerprint density at radius 2 is 2.08 bits per heavy atom. The third kappa shape index (κ3) is 5.46. The summed E-state index contributed by atoms with van der Waals surface area (Å²) >= 11 is 0. The van der Waals surface area contributed by atoms with Crippen molar-refractivity contribution in [1.82, 2.24) is 19.8 Å². The summed E-state index contributed by atoms with van der Waals surface area (Å²) in [5.41, 5.74) is 4.70. The molecule has 3 atom stereocenters. The van der Waals surface area contributed by atoms with Gasteiger partial charge in [0, 0.05) is 53.9 Å². The van der Waals surface area contributed by atoms with E-state index in [1.807, 2.05) is 37.3 Å². The lowest BCUT2D eigenvalue weighted by Crippen LogP contribution is -2.47. The predicted octanol–water partition coefficient (Wildman–Crippen LogP) is 5.29. The number of aromatic nitrogens is 2. The summed E-state index contributed by atoms with van der Waals surface area (Å²) in [5.74, 6) is 2.65. The summed E-state index contributed by atoms with van der Waals surface area (Å²) in [7, 11) is 0. The van der Waals surface area contributed by atoms with Gasteiger partial charge in [0.25, 0.3) is 0 Å². The van der Waals surface area contributed by atoms with Gasteiger partial charge < -0.3 is 15.2 Å². The van der Waals surface area contributed by atoms with Gasteiger partial charge in [-0.25, -0.2) is 0 Å². The molecule has 0 amide bonds. The second kappa shape index (κ2) is 10.3. The van der Waals surface area contributed by atoms with E-state index in [4.69, 9.17) is 6.42 Å². The Hall–Kier alpha value is -3.09. The number of hydrogen-bond donors (Lipinski definition) is 2. The van der Waals surface area contributed by atoms with Crippen LogP contribution in [0.3, 0.4) is 0 Å². The van der Waals surface area contributed by atoms with Crippen LogP contribution in [0.25, 0.3) is 10.9 Å². The van der Waals surface area contributed by atoms with Gasteiger partial charge in [0.1, 0.15) is 0 Å². The molecule has 1 fully saturated rings. The lowest BCUT2D eigenvalue weighted by Gasteiger charge is -2.40. The fraction of sp³-hybridized carbons (Fsp3) is 0.464. The Labute approximate surface area is 214 Å². The lowest BCUT2D eigenvalue weighted by atomic mass is 9.90. The number of pyridine rings is 1. The number of likely N-dealkylation sites (tertiary alicyclic amines) is 1. The molecule has 0 bridgehead atoms. The summed E-state index contributed by atoms with van der Waals surface area (Å²) in [6.07, 6.45) is 4.92. The van der Waals surface area contributed by atoms with E-state index >= 15 is 0 Å². The average Bonchev–Trinajstić information content (AvgIpc) is 3.46. The number of hydrogen-bond acceptors (Lipinski definition) is 4. The van der Waals surface area contributed by atoms with Gasteiger partial charge in [-0.3, -0.25) is 14.3 Å². The van der Waals surface area contributed by atoms with Gasteiger partial charge in [-0.05, 0) is 62.1 Å². The van der Waals surface area contributed by atoms with Crippen molar-refractivity contribution in [2.45, 2.75) is 50.5 Å². The third-order valence-electron chi connectivity index (χ3n) is 7.46. The molecule has 2 aromatic heterocycles. The van der Waals surface area contributed by atoms with Crippen LogP contribution in [-0.4, -0.2) is 70.9 Å². The van der Waals surface area contributed by atoms with E-state index in [2.05, 4.69) is 26.1 Å². The van der Waals surface area contributed by atoms with Gasteiger partial charge in [-0.2, -0.15) is 13.2 Å². The molecule has 2 aliphatic heterocycles. The molecular formula is C28H31F4N5. The first-order valence-electron chi connectivity index (χ1n) is 12.7. The van der Waals surface area contributed by atoms with Crippen LogP contribution in [0.2, 0.25) is 0 Å². The summed E-state index contributed by atoms with van der Waals surface area (Å²) in [6, 6.07) is 8.55. The van der Waals surface area contributed by atoms with Crippen LogP contribution in [0.15, 0.2) is 36.5 Å². The van der Waals surface area contributed by atoms with E-state index < -0.39 is 18.8 Å². The minimum atomic E-state index is -4.34. The highest BCUT2D eigenvalue weighted by atomic mass is 19.4. The van der Waals surface area contributed by atoms with Gasteiger partial charge in [0.05, 0.1) is 36.8 Å². The van der Waals surface area contributed by atoms with Crippen LogP contribution in [-0.2, 0) is 6.42 Å². The Balaban J connectivity index is 1.44. The van der Waals surface area contributed by atoms with Crippen LogP contribution >= 0.6 is 0 Å². The highest BCUT2D eigenvalue weighted by Gasteiger charge is 2.42. The maximum Gasteiger partial charge on any atom is 0.401 e. The first-order valence-corrected chi connectivity index (χ1v) is 12.7. The summed E-state index contributed by atoms with van der Waals surface area (Å²) < 4.78 is 53.4. The third-order valence-corrected chi connectivity index (χ3v) is 7.46. The van der Waals surface area contributed by atoms with Crippen LogP contribution in [0.1, 0.15) is 48.3 Å². The molecular weight excluding hydrogens is 482 g/mol. The molecule has 2 aliphatic rings. The number of alkyl halides is 4. The average molecular weight is 514 g/mol. The normalized spacial score (nSPS) is 22.8. The predicted molar refractivity (Wildman–Crippen MR) is 137 cm³/mol. The molecule has 5 nitrogen and oxygen atoms in total. The van der Waals surface area contributed by atoms with Crippen molar-refractivity contribution in [1.29, 1.82) is 0 Å². The molecule has 2 N–H and O–H groups in total. The summed E-state index contributed by atoms with van der Waals surface area (Å²) in [6.45, 7) is 2.99. The first kappa shape index (κ1) is 25.6. The summed E-state index contributed by atoms with van der Waals surface area (Å²) in [5, 5.41) is 4.42. The van der Waals surface area contributed by atoms with E-state index in [0.29, 0.717) is 18.5 Å². The monoisotopic (exact) mass is 513 g/mol. The number of aromatic amines is 1. The van der Waals surface area contributed by atoms with E-state index in [0.717, 1.165) is 59.5 Å². The SMILES string of the molecule is C#Cc1ccc2[nH]c3c(c2c1)C[C@@H](C)N(CC(F)(F)F)[C@@H]3c1ccc(NC2CCN(CCCF)C2)cn1. The number of H-pyrrole nitrogens is 1. The van der Waals surface area contributed by atoms with E-state index in [1.54, 1.807) is 6.20 Å². The smallest absolute Gasteiger partial charge is 0.380 e. The number of fused-ring (bicyclic) bond motifs is 3. The zero-order chi connectivity index (χ0) is 26.2. The minimum Gasteiger partial charge on any atom is -0.380 e. The van der Waals surface area contributed by atoms with E-state index in [9.17, 15) is 17.6 Å². The van der Waals surface area contributed by atoms with E-state index in [1.165, 1.54) is 4.90 Å². The number of rotatable bonds is 7. The van der Waals surface area contributed by atoms with Gasteiger partial charge in [0.2, 0.25) is 0 Å². The van der Waals surface area contributed by atoms with Crippen molar-refractivity contribution in [3.63, 3.8) is 0 Å². The molecule has 196 valence electrons. The van der Waals surface area contributed by atoms with Crippen molar-refractivity contribution in [3.05, 3.63) is 59.0 Å². The molecule has 37 heavy (non-hydrogen) atoms. The number of halogens is 4. The van der Waals surface area contributed by atoms with E-state index in [-0.39, 0.29) is 18.8 Å². The zero-order valence-electron chi connectivity index (χ0n) is 20.8. The highest BCUT2D eigenvalue weighted by Crippen LogP contribution is 2.41. The minimum absolute atomic E-state index is 0.231. The topological polar surface area (TPSA) is 47.2 Å². The van der Waals surface area contributed by atoms with Gasteiger partial charge >= 0.3 is 6.18 Å².